The van der Waals surface area contributed by atoms with Crippen LogP contribution in [0.3, 0.4) is 0 Å². The van der Waals surface area contributed by atoms with Crippen molar-refractivity contribution in [3.05, 3.63) is 32.2 Å². The first kappa shape index (κ1) is 12.4. The van der Waals surface area contributed by atoms with E-state index in [1.54, 1.807) is 0 Å². The Kier molecular flexibility index (Phi) is 2.99. The molecule has 0 spiro atoms. The van der Waals surface area contributed by atoms with Crippen LogP contribution in [0.5, 0.6) is 0 Å². The van der Waals surface area contributed by atoms with Crippen LogP contribution >= 0.6 is 15.9 Å². The molecule has 1 N–H and O–H groups in total. The maximum absolute atomic E-state index is 13.9. The first-order chi connectivity index (χ1) is 8.47. The summed E-state index contributed by atoms with van der Waals surface area (Å²) in [6, 6.07) is 0.991. The number of nitrogens with zero attached hydrogens (tertiary/aromatic N) is 2. The fraction of sp³-hybridized carbons (Fsp3) is 0.111. The second-order valence-electron chi connectivity index (χ2n) is 3.27. The van der Waals surface area contributed by atoms with Crippen molar-refractivity contribution in [1.29, 1.82) is 0 Å². The SMILES string of the molecule is COC(=O)c1c(F)c([N+](=O)[O-])cc2c(Br)n[nH]c12. The highest BCUT2D eigenvalue weighted by Gasteiger charge is 2.28. The summed E-state index contributed by atoms with van der Waals surface area (Å²) < 4.78 is 18.5. The van der Waals surface area contributed by atoms with Crippen molar-refractivity contribution in [2.24, 2.45) is 0 Å². The number of halogens is 2. The van der Waals surface area contributed by atoms with E-state index >= 15 is 0 Å². The third-order valence-electron chi connectivity index (χ3n) is 2.32. The number of aromatic amines is 1. The molecule has 0 aliphatic rings. The maximum atomic E-state index is 13.9. The summed E-state index contributed by atoms with van der Waals surface area (Å²) >= 11 is 3.04. The Balaban J connectivity index is 2.91. The summed E-state index contributed by atoms with van der Waals surface area (Å²) in [5.74, 6) is -2.27. The first-order valence-electron chi connectivity index (χ1n) is 4.56. The molecule has 9 heteroatoms. The molecular weight excluding hydrogens is 313 g/mol. The number of esters is 1. The van der Waals surface area contributed by atoms with Gasteiger partial charge in [-0.3, -0.25) is 15.2 Å². The fourth-order valence-electron chi connectivity index (χ4n) is 1.52. The van der Waals surface area contributed by atoms with E-state index in [2.05, 4.69) is 30.9 Å². The van der Waals surface area contributed by atoms with E-state index in [0.29, 0.717) is 0 Å². The van der Waals surface area contributed by atoms with Gasteiger partial charge < -0.3 is 4.74 Å². The van der Waals surface area contributed by atoms with Crippen molar-refractivity contribution in [2.45, 2.75) is 0 Å². The third-order valence-corrected chi connectivity index (χ3v) is 2.92. The lowest BCUT2D eigenvalue weighted by Crippen LogP contribution is -2.08. The van der Waals surface area contributed by atoms with Gasteiger partial charge in [0.15, 0.2) is 0 Å². The first-order valence-corrected chi connectivity index (χ1v) is 5.35. The lowest BCUT2D eigenvalue weighted by Gasteiger charge is -2.03. The number of hydrogen-bond donors (Lipinski definition) is 1. The van der Waals surface area contributed by atoms with Crippen molar-refractivity contribution >= 4 is 38.5 Å². The number of aromatic nitrogens is 2. The van der Waals surface area contributed by atoms with Gasteiger partial charge in [0.1, 0.15) is 10.2 Å². The van der Waals surface area contributed by atoms with Gasteiger partial charge in [-0.25, -0.2) is 4.79 Å². The zero-order valence-corrected chi connectivity index (χ0v) is 10.4. The molecule has 2 aromatic rings. The number of nitro groups is 1. The topological polar surface area (TPSA) is 98.1 Å². The van der Waals surface area contributed by atoms with Crippen molar-refractivity contribution in [2.75, 3.05) is 7.11 Å². The molecule has 0 saturated carbocycles. The Morgan fingerprint density at radius 1 is 1.67 bits per heavy atom. The summed E-state index contributed by atoms with van der Waals surface area (Å²) in [5, 5.41) is 17.1. The summed E-state index contributed by atoms with van der Waals surface area (Å²) in [4.78, 5) is 21.3. The van der Waals surface area contributed by atoms with E-state index in [0.717, 1.165) is 13.2 Å². The maximum Gasteiger partial charge on any atom is 0.343 e. The van der Waals surface area contributed by atoms with Crippen LogP contribution in [0.2, 0.25) is 0 Å². The number of methoxy groups -OCH3 is 1. The molecule has 0 radical (unpaired) electrons. The largest absolute Gasteiger partial charge is 0.465 e. The molecule has 1 heterocycles. The highest BCUT2D eigenvalue weighted by Crippen LogP contribution is 2.32. The number of benzene rings is 1. The summed E-state index contributed by atoms with van der Waals surface area (Å²) in [6.45, 7) is 0. The molecule has 0 fully saturated rings. The Morgan fingerprint density at radius 2 is 2.33 bits per heavy atom. The minimum absolute atomic E-state index is 0.0387. The van der Waals surface area contributed by atoms with E-state index in [1.165, 1.54) is 0 Å². The van der Waals surface area contributed by atoms with Crippen LogP contribution in [-0.2, 0) is 4.74 Å². The van der Waals surface area contributed by atoms with Gasteiger partial charge in [0.05, 0.1) is 17.5 Å². The number of hydrogen-bond acceptors (Lipinski definition) is 5. The van der Waals surface area contributed by atoms with E-state index in [-0.39, 0.29) is 15.5 Å². The quantitative estimate of drug-likeness (QED) is 0.520. The average molecular weight is 318 g/mol. The van der Waals surface area contributed by atoms with Crippen LogP contribution in [0.25, 0.3) is 10.9 Å². The molecule has 0 bridgehead atoms. The number of nitro benzene ring substituents is 1. The van der Waals surface area contributed by atoms with Gasteiger partial charge in [0.2, 0.25) is 5.82 Å². The molecule has 0 unspecified atom stereocenters. The number of ether oxygens (including phenoxy) is 1. The Bertz CT molecular complexity index is 669. The third kappa shape index (κ3) is 1.72. The van der Waals surface area contributed by atoms with Crippen molar-refractivity contribution < 1.29 is 18.8 Å². The van der Waals surface area contributed by atoms with Gasteiger partial charge in [-0.2, -0.15) is 9.49 Å². The van der Waals surface area contributed by atoms with Gasteiger partial charge >= 0.3 is 11.7 Å². The molecule has 0 saturated heterocycles. The molecule has 1 aromatic carbocycles. The van der Waals surface area contributed by atoms with Crippen LogP contribution in [-0.4, -0.2) is 28.2 Å². The van der Waals surface area contributed by atoms with Gasteiger partial charge in [-0.1, -0.05) is 0 Å². The average Bonchev–Trinajstić information content (AvgIpc) is 2.69. The van der Waals surface area contributed by atoms with Gasteiger partial charge in [-0.15, -0.1) is 0 Å². The van der Waals surface area contributed by atoms with Crippen LogP contribution in [0, 0.1) is 15.9 Å². The second kappa shape index (κ2) is 4.33. The summed E-state index contributed by atoms with van der Waals surface area (Å²) in [6.07, 6.45) is 0. The zero-order valence-electron chi connectivity index (χ0n) is 8.86. The molecular formula is C9H5BrFN3O4. The second-order valence-corrected chi connectivity index (χ2v) is 4.02. The Labute approximate surface area is 107 Å². The van der Waals surface area contributed by atoms with E-state index < -0.39 is 28.0 Å². The molecule has 7 nitrogen and oxygen atoms in total. The van der Waals surface area contributed by atoms with Gasteiger partial charge in [0.25, 0.3) is 0 Å². The minimum atomic E-state index is -1.25. The molecule has 1 aromatic heterocycles. The summed E-state index contributed by atoms with van der Waals surface area (Å²) in [7, 11) is 1.05. The van der Waals surface area contributed by atoms with E-state index in [9.17, 15) is 19.3 Å². The molecule has 0 aliphatic heterocycles. The van der Waals surface area contributed by atoms with E-state index in [4.69, 9.17) is 0 Å². The lowest BCUT2D eigenvalue weighted by atomic mass is 10.1. The molecule has 0 amide bonds. The van der Waals surface area contributed by atoms with Crippen LogP contribution < -0.4 is 0 Å². The monoisotopic (exact) mass is 317 g/mol. The molecule has 94 valence electrons. The number of fused-ring (bicyclic) bond motifs is 1. The lowest BCUT2D eigenvalue weighted by molar-refractivity contribution is -0.387. The van der Waals surface area contributed by atoms with E-state index in [1.807, 2.05) is 0 Å². The number of carbonyl (C=O) groups is 1. The normalized spacial score (nSPS) is 10.6. The summed E-state index contributed by atoms with van der Waals surface area (Å²) in [5.41, 5.74) is -1.32. The highest BCUT2D eigenvalue weighted by atomic mass is 79.9. The van der Waals surface area contributed by atoms with Crippen LogP contribution in [0.1, 0.15) is 10.4 Å². The number of rotatable bonds is 2. The van der Waals surface area contributed by atoms with Crippen LogP contribution in [0.4, 0.5) is 10.1 Å². The Morgan fingerprint density at radius 3 is 2.89 bits per heavy atom. The zero-order chi connectivity index (χ0) is 13.4. The van der Waals surface area contributed by atoms with Crippen molar-refractivity contribution in [3.63, 3.8) is 0 Å². The number of nitrogens with one attached hydrogen (secondary N) is 1. The fourth-order valence-corrected chi connectivity index (χ4v) is 1.92. The molecule has 2 rings (SSSR count). The van der Waals surface area contributed by atoms with Crippen molar-refractivity contribution in [1.82, 2.24) is 10.2 Å². The standard InChI is InChI=1S/C9H5BrFN3O4/c1-18-9(15)5-6(11)4(14(16)17)2-3-7(5)12-13-8(3)10/h2H,1H3,(H,12,13). The smallest absolute Gasteiger partial charge is 0.343 e. The highest BCUT2D eigenvalue weighted by molar-refractivity contribution is 9.10. The van der Waals surface area contributed by atoms with Crippen molar-refractivity contribution in [3.8, 4) is 0 Å². The predicted molar refractivity (Wildman–Crippen MR) is 61.7 cm³/mol. The van der Waals surface area contributed by atoms with Crippen LogP contribution in [0.15, 0.2) is 10.7 Å². The molecule has 18 heavy (non-hydrogen) atoms. The van der Waals surface area contributed by atoms with Gasteiger partial charge in [0, 0.05) is 11.5 Å². The molecule has 0 atom stereocenters. The minimum Gasteiger partial charge on any atom is -0.465 e. The molecule has 0 aliphatic carbocycles. The predicted octanol–water partition coefficient (Wildman–Crippen LogP) is 2.16. The van der Waals surface area contributed by atoms with Gasteiger partial charge in [-0.05, 0) is 15.9 Å². The number of carbonyl (C=O) groups excluding carboxylic acids is 1. The number of H-pyrrole nitrogens is 1. The Hall–Kier alpha value is -2.03.